The third-order valence-corrected chi connectivity index (χ3v) is 5.49. The Kier molecular flexibility index (Phi) is 5.51. The highest BCUT2D eigenvalue weighted by Crippen LogP contribution is 2.33. The van der Waals surface area contributed by atoms with Gasteiger partial charge in [-0.25, -0.2) is 0 Å². The summed E-state index contributed by atoms with van der Waals surface area (Å²) in [5, 5.41) is 7.85. The molecule has 0 spiro atoms. The van der Waals surface area contributed by atoms with Crippen LogP contribution in [0.1, 0.15) is 60.3 Å². The van der Waals surface area contributed by atoms with E-state index in [0.29, 0.717) is 18.2 Å². The first-order valence-electron chi connectivity index (χ1n) is 10.1. The number of benzene rings is 1. The Hall–Kier alpha value is -2.95. The fourth-order valence-electron chi connectivity index (χ4n) is 3.86. The first-order chi connectivity index (χ1) is 13.7. The Bertz CT molecular complexity index is 925. The number of aryl methyl sites for hydroxylation is 1. The van der Waals surface area contributed by atoms with E-state index in [-0.39, 0.29) is 5.91 Å². The summed E-state index contributed by atoms with van der Waals surface area (Å²) in [4.78, 5) is 16.6. The number of carbonyl (C=O) groups excluding carboxylic acids is 1. The second kappa shape index (κ2) is 8.38. The number of rotatable bonds is 6. The molecule has 1 fully saturated rings. The van der Waals surface area contributed by atoms with Crippen LogP contribution in [-0.2, 0) is 13.0 Å². The number of nitrogens with one attached hydrogen (secondary N) is 1. The van der Waals surface area contributed by atoms with Crippen LogP contribution in [0.4, 0.5) is 0 Å². The van der Waals surface area contributed by atoms with Crippen molar-refractivity contribution in [2.75, 3.05) is 0 Å². The Labute approximate surface area is 165 Å². The van der Waals surface area contributed by atoms with Crippen LogP contribution in [-0.4, -0.2) is 20.7 Å². The zero-order valence-electron chi connectivity index (χ0n) is 16.3. The van der Waals surface area contributed by atoms with E-state index in [1.807, 2.05) is 48.8 Å². The standard InChI is InChI=1S/C23H26N4O/c1-2-17-7-9-19(10-8-17)23(28)25-16-20-15-22(18-11-13-24-14-12-18)27(26-20)21-5-3-4-6-21/h7-15,21H,2-6,16H2,1H3,(H,25,28). The Morgan fingerprint density at radius 3 is 2.50 bits per heavy atom. The van der Waals surface area contributed by atoms with E-state index in [4.69, 9.17) is 5.10 Å². The second-order valence-electron chi connectivity index (χ2n) is 7.37. The van der Waals surface area contributed by atoms with Gasteiger partial charge in [-0.1, -0.05) is 31.9 Å². The van der Waals surface area contributed by atoms with Crippen molar-refractivity contribution in [1.29, 1.82) is 0 Å². The number of carbonyl (C=O) groups is 1. The minimum Gasteiger partial charge on any atom is -0.346 e. The van der Waals surface area contributed by atoms with Crippen molar-refractivity contribution < 1.29 is 4.79 Å². The predicted molar refractivity (Wildman–Crippen MR) is 110 cm³/mol. The number of hydrogen-bond acceptors (Lipinski definition) is 3. The molecule has 3 aromatic rings. The second-order valence-corrected chi connectivity index (χ2v) is 7.37. The molecule has 1 aliphatic carbocycles. The Morgan fingerprint density at radius 1 is 1.11 bits per heavy atom. The summed E-state index contributed by atoms with van der Waals surface area (Å²) in [6.07, 6.45) is 9.41. The van der Waals surface area contributed by atoms with Crippen molar-refractivity contribution in [2.24, 2.45) is 0 Å². The summed E-state index contributed by atoms with van der Waals surface area (Å²) in [5.41, 5.74) is 5.01. The summed E-state index contributed by atoms with van der Waals surface area (Å²) < 4.78 is 2.15. The van der Waals surface area contributed by atoms with Crippen LogP contribution in [0, 0.1) is 0 Å². The summed E-state index contributed by atoms with van der Waals surface area (Å²) in [7, 11) is 0. The monoisotopic (exact) mass is 374 g/mol. The molecule has 1 amide bonds. The van der Waals surface area contributed by atoms with E-state index in [1.54, 1.807) is 0 Å². The topological polar surface area (TPSA) is 59.8 Å². The van der Waals surface area contributed by atoms with Crippen LogP contribution < -0.4 is 5.32 Å². The zero-order chi connectivity index (χ0) is 19.3. The highest BCUT2D eigenvalue weighted by atomic mass is 16.1. The van der Waals surface area contributed by atoms with E-state index >= 15 is 0 Å². The summed E-state index contributed by atoms with van der Waals surface area (Å²) in [6, 6.07) is 14.3. The lowest BCUT2D eigenvalue weighted by Gasteiger charge is -2.14. The number of amides is 1. The molecule has 0 atom stereocenters. The zero-order valence-corrected chi connectivity index (χ0v) is 16.3. The SMILES string of the molecule is CCc1ccc(C(=O)NCc2cc(-c3ccncc3)n(C3CCCC3)n2)cc1. The maximum absolute atomic E-state index is 12.5. The van der Waals surface area contributed by atoms with Gasteiger partial charge < -0.3 is 5.32 Å². The molecule has 0 saturated heterocycles. The largest absolute Gasteiger partial charge is 0.346 e. The molecule has 1 aromatic carbocycles. The maximum atomic E-state index is 12.5. The smallest absolute Gasteiger partial charge is 0.251 e. The molecule has 2 aromatic heterocycles. The van der Waals surface area contributed by atoms with Gasteiger partial charge >= 0.3 is 0 Å². The highest BCUT2D eigenvalue weighted by molar-refractivity contribution is 5.94. The molecular weight excluding hydrogens is 348 g/mol. The van der Waals surface area contributed by atoms with Gasteiger partial charge in [-0.05, 0) is 55.2 Å². The molecule has 0 bridgehead atoms. The van der Waals surface area contributed by atoms with Gasteiger partial charge in [0, 0.05) is 23.5 Å². The van der Waals surface area contributed by atoms with Gasteiger partial charge in [0.2, 0.25) is 0 Å². The molecule has 1 N–H and O–H groups in total. The molecule has 0 radical (unpaired) electrons. The Balaban J connectivity index is 1.52. The molecule has 1 aliphatic rings. The average Bonchev–Trinajstić information content (AvgIpc) is 3.42. The molecule has 5 nitrogen and oxygen atoms in total. The van der Waals surface area contributed by atoms with Gasteiger partial charge in [0.05, 0.1) is 24.0 Å². The van der Waals surface area contributed by atoms with Crippen molar-refractivity contribution in [2.45, 2.75) is 51.6 Å². The van der Waals surface area contributed by atoms with E-state index < -0.39 is 0 Å². The van der Waals surface area contributed by atoms with Gasteiger partial charge in [-0.2, -0.15) is 5.10 Å². The molecule has 2 heterocycles. The lowest BCUT2D eigenvalue weighted by molar-refractivity contribution is 0.0950. The third-order valence-electron chi connectivity index (χ3n) is 5.49. The van der Waals surface area contributed by atoms with Gasteiger partial charge in [0.1, 0.15) is 0 Å². The molecule has 28 heavy (non-hydrogen) atoms. The van der Waals surface area contributed by atoms with Gasteiger partial charge in [0.15, 0.2) is 0 Å². The van der Waals surface area contributed by atoms with Gasteiger partial charge in [0.25, 0.3) is 5.91 Å². The number of hydrogen-bond donors (Lipinski definition) is 1. The molecule has 4 rings (SSSR count). The van der Waals surface area contributed by atoms with Crippen LogP contribution in [0.3, 0.4) is 0 Å². The number of pyridine rings is 1. The van der Waals surface area contributed by atoms with E-state index in [2.05, 4.69) is 28.0 Å². The van der Waals surface area contributed by atoms with Crippen molar-refractivity contribution in [3.05, 3.63) is 71.7 Å². The highest BCUT2D eigenvalue weighted by Gasteiger charge is 2.22. The average molecular weight is 374 g/mol. The van der Waals surface area contributed by atoms with Crippen molar-refractivity contribution in [1.82, 2.24) is 20.1 Å². The minimum absolute atomic E-state index is 0.0662. The van der Waals surface area contributed by atoms with Crippen molar-refractivity contribution in [3.8, 4) is 11.3 Å². The minimum atomic E-state index is -0.0662. The van der Waals surface area contributed by atoms with Gasteiger partial charge in [-0.15, -0.1) is 0 Å². The summed E-state index contributed by atoms with van der Waals surface area (Å²) in [6.45, 7) is 2.53. The first-order valence-corrected chi connectivity index (χ1v) is 10.1. The Morgan fingerprint density at radius 2 is 1.82 bits per heavy atom. The number of nitrogens with zero attached hydrogens (tertiary/aromatic N) is 3. The number of aromatic nitrogens is 3. The molecule has 0 unspecified atom stereocenters. The molecule has 5 heteroatoms. The lowest BCUT2D eigenvalue weighted by atomic mass is 10.1. The fourth-order valence-corrected chi connectivity index (χ4v) is 3.86. The molecule has 1 saturated carbocycles. The summed E-state index contributed by atoms with van der Waals surface area (Å²) >= 11 is 0. The fraction of sp³-hybridized carbons (Fsp3) is 0.348. The van der Waals surface area contributed by atoms with Crippen molar-refractivity contribution >= 4 is 5.91 Å². The van der Waals surface area contributed by atoms with E-state index in [0.717, 1.165) is 36.2 Å². The van der Waals surface area contributed by atoms with E-state index in [1.165, 1.54) is 18.4 Å². The van der Waals surface area contributed by atoms with Crippen LogP contribution in [0.2, 0.25) is 0 Å². The quantitative estimate of drug-likeness (QED) is 0.688. The maximum Gasteiger partial charge on any atom is 0.251 e. The summed E-state index contributed by atoms with van der Waals surface area (Å²) in [5.74, 6) is -0.0662. The predicted octanol–water partition coefficient (Wildman–Crippen LogP) is 4.55. The van der Waals surface area contributed by atoms with E-state index in [9.17, 15) is 4.79 Å². The first kappa shape index (κ1) is 18.4. The van der Waals surface area contributed by atoms with Crippen LogP contribution in [0.5, 0.6) is 0 Å². The molecule has 0 aliphatic heterocycles. The van der Waals surface area contributed by atoms with Gasteiger partial charge in [-0.3, -0.25) is 14.5 Å². The lowest BCUT2D eigenvalue weighted by Crippen LogP contribution is -2.23. The molecule has 144 valence electrons. The third kappa shape index (κ3) is 3.98. The van der Waals surface area contributed by atoms with Crippen LogP contribution in [0.25, 0.3) is 11.3 Å². The molecular formula is C23H26N4O. The van der Waals surface area contributed by atoms with Crippen LogP contribution >= 0.6 is 0 Å². The van der Waals surface area contributed by atoms with Crippen LogP contribution in [0.15, 0.2) is 54.9 Å². The normalized spacial score (nSPS) is 14.3. The van der Waals surface area contributed by atoms with Crippen molar-refractivity contribution in [3.63, 3.8) is 0 Å².